The van der Waals surface area contributed by atoms with Crippen LogP contribution in [0.15, 0.2) is 12.1 Å². The van der Waals surface area contributed by atoms with Crippen molar-refractivity contribution in [2.75, 3.05) is 13.7 Å². The first-order valence-corrected chi connectivity index (χ1v) is 6.29. The number of hydrogen-bond acceptors (Lipinski definition) is 3. The summed E-state index contributed by atoms with van der Waals surface area (Å²) in [4.78, 5) is 0. The van der Waals surface area contributed by atoms with E-state index < -0.39 is 6.10 Å². The molecule has 1 aromatic rings. The number of hydrogen-bond donors (Lipinski definition) is 2. The van der Waals surface area contributed by atoms with Gasteiger partial charge < -0.3 is 14.9 Å². The van der Waals surface area contributed by atoms with Gasteiger partial charge in [0.1, 0.15) is 5.75 Å². The second-order valence-corrected chi connectivity index (χ2v) is 5.69. The average molecular weight is 252 g/mol. The summed E-state index contributed by atoms with van der Waals surface area (Å²) in [6.45, 7) is 8.27. The van der Waals surface area contributed by atoms with Gasteiger partial charge in [0.05, 0.1) is 13.2 Å². The van der Waals surface area contributed by atoms with Gasteiger partial charge in [-0.15, -0.1) is 0 Å². The van der Waals surface area contributed by atoms with E-state index in [1.165, 1.54) is 0 Å². The molecular formula is C15H24O3. The minimum Gasteiger partial charge on any atom is -0.496 e. The fourth-order valence-electron chi connectivity index (χ4n) is 2.09. The van der Waals surface area contributed by atoms with Crippen LogP contribution in [0, 0.1) is 6.92 Å². The summed E-state index contributed by atoms with van der Waals surface area (Å²) in [5.74, 6) is 0.847. The minimum atomic E-state index is -0.623. The van der Waals surface area contributed by atoms with Crippen LogP contribution < -0.4 is 4.74 Å². The molecule has 1 unspecified atom stereocenters. The summed E-state index contributed by atoms with van der Waals surface area (Å²) in [7, 11) is 1.66. The zero-order valence-electron chi connectivity index (χ0n) is 11.9. The first-order chi connectivity index (χ1) is 8.31. The van der Waals surface area contributed by atoms with Gasteiger partial charge in [-0.1, -0.05) is 20.8 Å². The Balaban J connectivity index is 3.30. The molecule has 0 amide bonds. The molecule has 0 aliphatic carbocycles. The van der Waals surface area contributed by atoms with Crippen LogP contribution in [0.1, 0.15) is 50.0 Å². The van der Waals surface area contributed by atoms with Crippen molar-refractivity contribution < 1.29 is 14.9 Å². The molecule has 2 N–H and O–H groups in total. The second kappa shape index (κ2) is 5.72. The molecule has 1 rings (SSSR count). The molecule has 18 heavy (non-hydrogen) atoms. The van der Waals surface area contributed by atoms with Gasteiger partial charge in [-0.05, 0) is 41.2 Å². The number of ether oxygens (including phenoxy) is 1. The van der Waals surface area contributed by atoms with Gasteiger partial charge in [0.15, 0.2) is 0 Å². The molecule has 0 radical (unpaired) electrons. The van der Waals surface area contributed by atoms with Crippen molar-refractivity contribution in [3.63, 3.8) is 0 Å². The Morgan fingerprint density at radius 1 is 1.28 bits per heavy atom. The predicted molar refractivity (Wildman–Crippen MR) is 73.1 cm³/mol. The highest BCUT2D eigenvalue weighted by molar-refractivity contribution is 5.46. The number of aliphatic hydroxyl groups is 2. The maximum atomic E-state index is 10.1. The van der Waals surface area contributed by atoms with E-state index in [1.54, 1.807) is 7.11 Å². The largest absolute Gasteiger partial charge is 0.496 e. The van der Waals surface area contributed by atoms with Gasteiger partial charge in [-0.3, -0.25) is 0 Å². The Hall–Kier alpha value is -1.06. The van der Waals surface area contributed by atoms with E-state index in [4.69, 9.17) is 9.84 Å². The Kier molecular flexibility index (Phi) is 4.77. The van der Waals surface area contributed by atoms with Crippen LogP contribution in [0.2, 0.25) is 0 Å². The van der Waals surface area contributed by atoms with E-state index >= 15 is 0 Å². The molecule has 1 aromatic carbocycles. The monoisotopic (exact) mass is 252 g/mol. The van der Waals surface area contributed by atoms with Crippen molar-refractivity contribution in [3.05, 3.63) is 28.8 Å². The second-order valence-electron chi connectivity index (χ2n) is 5.69. The van der Waals surface area contributed by atoms with Crippen molar-refractivity contribution in [3.8, 4) is 5.75 Å². The molecular weight excluding hydrogens is 228 g/mol. The van der Waals surface area contributed by atoms with E-state index in [2.05, 4.69) is 20.8 Å². The molecule has 0 bridgehead atoms. The standard InChI is InChI=1S/C15H24O3/c1-10-8-14(18-5)12(15(2,3)4)9-11(10)13(17)6-7-16/h8-9,13,16-17H,6-7H2,1-5H3. The lowest BCUT2D eigenvalue weighted by atomic mass is 9.83. The summed E-state index contributed by atoms with van der Waals surface area (Å²) in [6, 6.07) is 3.95. The van der Waals surface area contributed by atoms with Crippen LogP contribution in [0.3, 0.4) is 0 Å². The summed E-state index contributed by atoms with van der Waals surface area (Å²) < 4.78 is 5.42. The van der Waals surface area contributed by atoms with Crippen molar-refractivity contribution in [1.82, 2.24) is 0 Å². The summed E-state index contributed by atoms with van der Waals surface area (Å²) in [5, 5.41) is 19.0. The van der Waals surface area contributed by atoms with Gasteiger partial charge in [0.2, 0.25) is 0 Å². The molecule has 3 nitrogen and oxygen atoms in total. The van der Waals surface area contributed by atoms with Crippen molar-refractivity contribution in [2.45, 2.75) is 45.6 Å². The third kappa shape index (κ3) is 3.24. The van der Waals surface area contributed by atoms with Gasteiger partial charge in [-0.2, -0.15) is 0 Å². The van der Waals surface area contributed by atoms with Crippen LogP contribution in [-0.2, 0) is 5.41 Å². The number of methoxy groups -OCH3 is 1. The van der Waals surface area contributed by atoms with E-state index in [0.29, 0.717) is 6.42 Å². The van der Waals surface area contributed by atoms with Gasteiger partial charge >= 0.3 is 0 Å². The summed E-state index contributed by atoms with van der Waals surface area (Å²) in [6.07, 6.45) is -0.265. The maximum absolute atomic E-state index is 10.1. The molecule has 0 saturated carbocycles. The van der Waals surface area contributed by atoms with Crippen molar-refractivity contribution in [1.29, 1.82) is 0 Å². The zero-order valence-corrected chi connectivity index (χ0v) is 11.9. The minimum absolute atomic E-state index is 0.0164. The Bertz CT molecular complexity index is 405. The van der Waals surface area contributed by atoms with Crippen LogP contribution in [0.25, 0.3) is 0 Å². The maximum Gasteiger partial charge on any atom is 0.122 e. The average Bonchev–Trinajstić information content (AvgIpc) is 2.27. The topological polar surface area (TPSA) is 49.7 Å². The van der Waals surface area contributed by atoms with Crippen LogP contribution in [0.5, 0.6) is 5.75 Å². The van der Waals surface area contributed by atoms with Gasteiger partial charge in [-0.25, -0.2) is 0 Å². The van der Waals surface area contributed by atoms with Crippen LogP contribution in [-0.4, -0.2) is 23.9 Å². The summed E-state index contributed by atoms with van der Waals surface area (Å²) in [5.41, 5.74) is 2.88. The SMILES string of the molecule is COc1cc(C)c(C(O)CCO)cc1C(C)(C)C. The van der Waals surface area contributed by atoms with Crippen LogP contribution in [0.4, 0.5) is 0 Å². The number of rotatable bonds is 4. The van der Waals surface area contributed by atoms with Crippen molar-refractivity contribution in [2.24, 2.45) is 0 Å². The molecule has 0 fully saturated rings. The fraction of sp³-hybridized carbons (Fsp3) is 0.600. The van der Waals surface area contributed by atoms with Crippen LogP contribution >= 0.6 is 0 Å². The van der Waals surface area contributed by atoms with Crippen molar-refractivity contribution >= 4 is 0 Å². The summed E-state index contributed by atoms with van der Waals surface area (Å²) >= 11 is 0. The number of aryl methyl sites for hydroxylation is 1. The fourth-order valence-corrected chi connectivity index (χ4v) is 2.09. The molecule has 0 saturated heterocycles. The molecule has 0 heterocycles. The predicted octanol–water partition coefficient (Wildman–Crippen LogP) is 2.72. The lowest BCUT2D eigenvalue weighted by Gasteiger charge is -2.25. The number of aliphatic hydroxyl groups excluding tert-OH is 2. The highest BCUT2D eigenvalue weighted by Gasteiger charge is 2.22. The first-order valence-electron chi connectivity index (χ1n) is 6.29. The lowest BCUT2D eigenvalue weighted by molar-refractivity contribution is 0.133. The van der Waals surface area contributed by atoms with E-state index in [1.807, 2.05) is 19.1 Å². The third-order valence-corrected chi connectivity index (χ3v) is 3.16. The molecule has 0 aromatic heterocycles. The third-order valence-electron chi connectivity index (χ3n) is 3.16. The highest BCUT2D eigenvalue weighted by atomic mass is 16.5. The molecule has 3 heteroatoms. The normalized spacial score (nSPS) is 13.5. The molecule has 0 aliphatic heterocycles. The molecule has 102 valence electrons. The molecule has 1 atom stereocenters. The van der Waals surface area contributed by atoms with E-state index in [0.717, 1.165) is 22.4 Å². The molecule has 0 spiro atoms. The Labute approximate surface area is 109 Å². The van der Waals surface area contributed by atoms with E-state index in [9.17, 15) is 5.11 Å². The lowest BCUT2D eigenvalue weighted by Crippen LogP contribution is -2.15. The molecule has 0 aliphatic rings. The zero-order chi connectivity index (χ0) is 13.9. The quantitative estimate of drug-likeness (QED) is 0.866. The van der Waals surface area contributed by atoms with E-state index in [-0.39, 0.29) is 12.0 Å². The Morgan fingerprint density at radius 2 is 1.89 bits per heavy atom. The smallest absolute Gasteiger partial charge is 0.122 e. The van der Waals surface area contributed by atoms with Gasteiger partial charge in [0, 0.05) is 13.0 Å². The van der Waals surface area contributed by atoms with Gasteiger partial charge in [0.25, 0.3) is 0 Å². The highest BCUT2D eigenvalue weighted by Crippen LogP contribution is 2.35. The Morgan fingerprint density at radius 3 is 2.33 bits per heavy atom. The number of benzene rings is 1. The first kappa shape index (κ1) is 15.0.